The van der Waals surface area contributed by atoms with Crippen LogP contribution in [0.3, 0.4) is 0 Å². The standard InChI is InChI=1S/C10H26N4/c1-4-7-12-8-6-10(3)13-9-14(11)5-2/h10,12-13H,4-9,11H2,1-3H3. The van der Waals surface area contributed by atoms with Crippen LogP contribution in [-0.2, 0) is 0 Å². The van der Waals surface area contributed by atoms with E-state index in [9.17, 15) is 0 Å². The summed E-state index contributed by atoms with van der Waals surface area (Å²) in [7, 11) is 0. The molecule has 4 nitrogen and oxygen atoms in total. The Morgan fingerprint density at radius 3 is 2.57 bits per heavy atom. The van der Waals surface area contributed by atoms with E-state index >= 15 is 0 Å². The molecule has 0 radical (unpaired) electrons. The summed E-state index contributed by atoms with van der Waals surface area (Å²) in [5.41, 5.74) is 0. The fourth-order valence-corrected chi connectivity index (χ4v) is 1.11. The van der Waals surface area contributed by atoms with Gasteiger partial charge in [-0.15, -0.1) is 0 Å². The summed E-state index contributed by atoms with van der Waals surface area (Å²) in [6.45, 7) is 10.3. The highest BCUT2D eigenvalue weighted by Gasteiger charge is 2.01. The minimum atomic E-state index is 0.525. The number of hydrogen-bond donors (Lipinski definition) is 3. The Bertz CT molecular complexity index is 119. The van der Waals surface area contributed by atoms with E-state index in [1.54, 1.807) is 5.01 Å². The molecule has 86 valence electrons. The van der Waals surface area contributed by atoms with Crippen molar-refractivity contribution in [2.75, 3.05) is 26.3 Å². The molecule has 0 aliphatic heterocycles. The summed E-state index contributed by atoms with van der Waals surface area (Å²) in [4.78, 5) is 0. The Morgan fingerprint density at radius 1 is 1.29 bits per heavy atom. The van der Waals surface area contributed by atoms with E-state index in [-0.39, 0.29) is 0 Å². The Hall–Kier alpha value is -0.160. The van der Waals surface area contributed by atoms with Crippen LogP contribution in [0, 0.1) is 0 Å². The zero-order valence-corrected chi connectivity index (χ0v) is 9.84. The maximum atomic E-state index is 5.65. The van der Waals surface area contributed by atoms with E-state index in [0.717, 1.165) is 32.7 Å². The van der Waals surface area contributed by atoms with Crippen LogP contribution in [0.25, 0.3) is 0 Å². The third kappa shape index (κ3) is 8.44. The molecule has 0 aromatic carbocycles. The zero-order chi connectivity index (χ0) is 10.8. The second-order valence-corrected chi connectivity index (χ2v) is 3.71. The van der Waals surface area contributed by atoms with Gasteiger partial charge in [0.1, 0.15) is 0 Å². The fourth-order valence-electron chi connectivity index (χ4n) is 1.11. The normalized spacial score (nSPS) is 13.5. The Morgan fingerprint density at radius 2 is 2.00 bits per heavy atom. The van der Waals surface area contributed by atoms with Gasteiger partial charge in [-0.3, -0.25) is 5.84 Å². The first-order valence-corrected chi connectivity index (χ1v) is 5.64. The molecule has 0 bridgehead atoms. The summed E-state index contributed by atoms with van der Waals surface area (Å²) < 4.78 is 0. The average Bonchev–Trinajstić information content (AvgIpc) is 2.21. The van der Waals surface area contributed by atoms with Crippen molar-refractivity contribution >= 4 is 0 Å². The number of rotatable bonds is 9. The Balaban J connectivity index is 3.23. The third-order valence-electron chi connectivity index (χ3n) is 2.23. The average molecular weight is 202 g/mol. The molecule has 0 saturated carbocycles. The van der Waals surface area contributed by atoms with Crippen molar-refractivity contribution in [3.63, 3.8) is 0 Å². The Kier molecular flexibility index (Phi) is 9.29. The van der Waals surface area contributed by atoms with Gasteiger partial charge in [0.05, 0.1) is 6.67 Å². The van der Waals surface area contributed by atoms with Gasteiger partial charge < -0.3 is 10.6 Å². The fraction of sp³-hybridized carbons (Fsp3) is 1.00. The predicted octanol–water partition coefficient (Wildman–Crippen LogP) is 0.507. The molecule has 0 aliphatic rings. The highest BCUT2D eigenvalue weighted by atomic mass is 15.4. The summed E-state index contributed by atoms with van der Waals surface area (Å²) in [5.74, 6) is 5.65. The summed E-state index contributed by atoms with van der Waals surface area (Å²) in [5, 5.41) is 8.53. The molecule has 0 fully saturated rings. The molecule has 4 N–H and O–H groups in total. The number of nitrogens with two attached hydrogens (primary N) is 1. The molecule has 0 aromatic rings. The van der Waals surface area contributed by atoms with Crippen molar-refractivity contribution in [1.29, 1.82) is 0 Å². The predicted molar refractivity (Wildman–Crippen MR) is 61.8 cm³/mol. The molecular formula is C10H26N4. The lowest BCUT2D eigenvalue weighted by Crippen LogP contribution is -2.43. The second-order valence-electron chi connectivity index (χ2n) is 3.71. The van der Waals surface area contributed by atoms with Gasteiger partial charge in [-0.25, -0.2) is 5.01 Å². The van der Waals surface area contributed by atoms with Crippen molar-refractivity contribution in [3.05, 3.63) is 0 Å². The van der Waals surface area contributed by atoms with E-state index in [1.165, 1.54) is 6.42 Å². The molecule has 0 rings (SSSR count). The topological polar surface area (TPSA) is 53.3 Å². The molecule has 0 amide bonds. The summed E-state index contributed by atoms with van der Waals surface area (Å²) in [6, 6.07) is 0.525. The molecule has 0 aromatic heterocycles. The van der Waals surface area contributed by atoms with Crippen LogP contribution in [-0.4, -0.2) is 37.4 Å². The molecule has 1 atom stereocenters. The first-order chi connectivity index (χ1) is 6.70. The Labute approximate surface area is 88.2 Å². The van der Waals surface area contributed by atoms with Crippen molar-refractivity contribution in [1.82, 2.24) is 15.6 Å². The van der Waals surface area contributed by atoms with E-state index in [2.05, 4.69) is 31.4 Å². The van der Waals surface area contributed by atoms with Gasteiger partial charge in [-0.05, 0) is 32.9 Å². The molecule has 0 heterocycles. The monoisotopic (exact) mass is 202 g/mol. The highest BCUT2D eigenvalue weighted by Crippen LogP contribution is 1.88. The molecular weight excluding hydrogens is 176 g/mol. The molecule has 0 spiro atoms. The van der Waals surface area contributed by atoms with Crippen molar-refractivity contribution in [2.45, 2.75) is 39.7 Å². The molecule has 0 saturated heterocycles. The van der Waals surface area contributed by atoms with E-state index in [0.29, 0.717) is 6.04 Å². The van der Waals surface area contributed by atoms with Gasteiger partial charge in [0.2, 0.25) is 0 Å². The van der Waals surface area contributed by atoms with Crippen molar-refractivity contribution < 1.29 is 0 Å². The van der Waals surface area contributed by atoms with Crippen molar-refractivity contribution in [2.24, 2.45) is 5.84 Å². The van der Waals surface area contributed by atoms with Crippen LogP contribution < -0.4 is 16.5 Å². The maximum Gasteiger partial charge on any atom is 0.0620 e. The van der Waals surface area contributed by atoms with Gasteiger partial charge >= 0.3 is 0 Å². The number of nitrogens with zero attached hydrogens (tertiary/aromatic N) is 1. The number of nitrogens with one attached hydrogen (secondary N) is 2. The van der Waals surface area contributed by atoms with Crippen molar-refractivity contribution in [3.8, 4) is 0 Å². The number of hydrazine groups is 1. The van der Waals surface area contributed by atoms with Crippen LogP contribution in [0.5, 0.6) is 0 Å². The molecule has 1 unspecified atom stereocenters. The van der Waals surface area contributed by atoms with Crippen LogP contribution in [0.4, 0.5) is 0 Å². The lowest BCUT2D eigenvalue weighted by Gasteiger charge is -2.19. The molecule has 0 aliphatic carbocycles. The van der Waals surface area contributed by atoms with E-state index < -0.39 is 0 Å². The number of hydrogen-bond acceptors (Lipinski definition) is 4. The molecule has 14 heavy (non-hydrogen) atoms. The first kappa shape index (κ1) is 13.8. The van der Waals surface area contributed by atoms with Gasteiger partial charge in [0, 0.05) is 12.6 Å². The van der Waals surface area contributed by atoms with Gasteiger partial charge in [0.15, 0.2) is 0 Å². The lowest BCUT2D eigenvalue weighted by atomic mass is 10.2. The van der Waals surface area contributed by atoms with Crippen LogP contribution in [0.1, 0.15) is 33.6 Å². The first-order valence-electron chi connectivity index (χ1n) is 5.64. The molecule has 4 heteroatoms. The van der Waals surface area contributed by atoms with Gasteiger partial charge in [-0.2, -0.15) is 0 Å². The van der Waals surface area contributed by atoms with Gasteiger partial charge in [-0.1, -0.05) is 13.8 Å². The summed E-state index contributed by atoms with van der Waals surface area (Å²) >= 11 is 0. The minimum absolute atomic E-state index is 0.525. The lowest BCUT2D eigenvalue weighted by molar-refractivity contribution is 0.258. The largest absolute Gasteiger partial charge is 0.317 e. The zero-order valence-electron chi connectivity index (χ0n) is 9.84. The smallest absolute Gasteiger partial charge is 0.0620 e. The van der Waals surface area contributed by atoms with Gasteiger partial charge in [0.25, 0.3) is 0 Å². The van der Waals surface area contributed by atoms with E-state index in [4.69, 9.17) is 5.84 Å². The van der Waals surface area contributed by atoms with Crippen LogP contribution in [0.2, 0.25) is 0 Å². The third-order valence-corrected chi connectivity index (χ3v) is 2.23. The quantitative estimate of drug-likeness (QED) is 0.221. The van der Waals surface area contributed by atoms with Crippen LogP contribution in [0.15, 0.2) is 0 Å². The SMILES string of the molecule is CCCNCCC(C)NCN(N)CC. The summed E-state index contributed by atoms with van der Waals surface area (Å²) in [6.07, 6.45) is 2.35. The van der Waals surface area contributed by atoms with Crippen LogP contribution >= 0.6 is 0 Å². The highest BCUT2D eigenvalue weighted by molar-refractivity contribution is 4.61. The van der Waals surface area contributed by atoms with E-state index in [1.807, 2.05) is 0 Å². The maximum absolute atomic E-state index is 5.65. The second kappa shape index (κ2) is 9.40. The minimum Gasteiger partial charge on any atom is -0.317 e.